The number of ether oxygens (including phenoxy) is 1. The number of pyridine rings is 1. The van der Waals surface area contributed by atoms with Crippen LogP contribution in [0.2, 0.25) is 0 Å². The third kappa shape index (κ3) is 3.48. The predicted molar refractivity (Wildman–Crippen MR) is 88.3 cm³/mol. The van der Waals surface area contributed by atoms with Gasteiger partial charge < -0.3 is 10.1 Å². The van der Waals surface area contributed by atoms with E-state index in [1.807, 2.05) is 51.2 Å². The lowest BCUT2D eigenvalue weighted by atomic mass is 10.1. The molecule has 0 aliphatic carbocycles. The second-order valence-electron chi connectivity index (χ2n) is 5.10. The average molecular weight is 305 g/mol. The first kappa shape index (κ1) is 15.6. The van der Waals surface area contributed by atoms with Crippen molar-refractivity contribution in [2.45, 2.75) is 32.7 Å². The Balaban J connectivity index is 2.21. The number of halogens is 1. The second kappa shape index (κ2) is 6.81. The summed E-state index contributed by atoms with van der Waals surface area (Å²) in [5, 5.41) is 3.39. The molecule has 0 spiro atoms. The Hall–Kier alpha value is -1.74. The van der Waals surface area contributed by atoms with Gasteiger partial charge in [-0.15, -0.1) is 11.6 Å². The van der Waals surface area contributed by atoms with Crippen LogP contribution in [-0.4, -0.2) is 12.1 Å². The molecule has 0 bridgehead atoms. The van der Waals surface area contributed by atoms with Gasteiger partial charge in [0.2, 0.25) is 0 Å². The zero-order valence-electron chi connectivity index (χ0n) is 12.9. The summed E-state index contributed by atoms with van der Waals surface area (Å²) in [6.45, 7) is 6.65. The van der Waals surface area contributed by atoms with Crippen LogP contribution in [0.3, 0.4) is 0 Å². The number of aryl methyl sites for hydroxylation is 1. The van der Waals surface area contributed by atoms with Crippen molar-refractivity contribution in [1.82, 2.24) is 4.98 Å². The van der Waals surface area contributed by atoms with Crippen LogP contribution in [-0.2, 0) is 6.54 Å². The van der Waals surface area contributed by atoms with E-state index in [4.69, 9.17) is 16.3 Å². The first-order chi connectivity index (χ1) is 10.0. The maximum absolute atomic E-state index is 6.21. The lowest BCUT2D eigenvalue weighted by molar-refractivity contribution is 0.407. The summed E-state index contributed by atoms with van der Waals surface area (Å²) in [7, 11) is 1.69. The molecule has 1 unspecified atom stereocenters. The van der Waals surface area contributed by atoms with Gasteiger partial charge in [-0.25, -0.2) is 0 Å². The minimum atomic E-state index is -0.0321. The second-order valence-corrected chi connectivity index (χ2v) is 5.76. The highest BCUT2D eigenvalue weighted by molar-refractivity contribution is 6.21. The number of alkyl halides is 1. The molecule has 1 atom stereocenters. The largest absolute Gasteiger partial charge is 0.496 e. The zero-order chi connectivity index (χ0) is 15.4. The maximum Gasteiger partial charge on any atom is 0.128 e. The van der Waals surface area contributed by atoms with Gasteiger partial charge in [-0.2, -0.15) is 0 Å². The quantitative estimate of drug-likeness (QED) is 0.819. The molecule has 0 amide bonds. The van der Waals surface area contributed by atoms with Crippen LogP contribution in [0.1, 0.15) is 34.7 Å². The molecule has 1 aromatic heterocycles. The van der Waals surface area contributed by atoms with Crippen molar-refractivity contribution >= 4 is 17.3 Å². The van der Waals surface area contributed by atoms with Crippen molar-refractivity contribution in [3.8, 4) is 5.75 Å². The van der Waals surface area contributed by atoms with E-state index in [2.05, 4.69) is 10.3 Å². The van der Waals surface area contributed by atoms with Crippen LogP contribution in [0.5, 0.6) is 5.75 Å². The highest BCUT2D eigenvalue weighted by Crippen LogP contribution is 2.28. The molecule has 0 saturated carbocycles. The molecule has 0 fully saturated rings. The van der Waals surface area contributed by atoms with E-state index in [1.54, 1.807) is 7.11 Å². The van der Waals surface area contributed by atoms with Gasteiger partial charge in [-0.05, 0) is 32.4 Å². The SMILES string of the molecule is COc1c(C)cnc(CNc2ccccc2C(C)Cl)c1C. The molecule has 112 valence electrons. The van der Waals surface area contributed by atoms with Crippen LogP contribution in [0.25, 0.3) is 0 Å². The number of nitrogens with zero attached hydrogens (tertiary/aromatic N) is 1. The molecule has 2 rings (SSSR count). The number of para-hydroxylation sites is 1. The van der Waals surface area contributed by atoms with Gasteiger partial charge in [0.1, 0.15) is 5.75 Å². The van der Waals surface area contributed by atoms with Crippen LogP contribution in [0.4, 0.5) is 5.69 Å². The van der Waals surface area contributed by atoms with Crippen LogP contribution < -0.4 is 10.1 Å². The van der Waals surface area contributed by atoms with Crippen molar-refractivity contribution < 1.29 is 4.74 Å². The minimum Gasteiger partial charge on any atom is -0.496 e. The minimum absolute atomic E-state index is 0.0321. The fourth-order valence-electron chi connectivity index (χ4n) is 2.43. The standard InChI is InChI=1S/C17H21ClN2O/c1-11-9-19-16(12(2)17(11)21-4)10-20-15-8-6-5-7-14(15)13(3)18/h5-9,13,20H,10H2,1-4H3. The molecule has 21 heavy (non-hydrogen) atoms. The van der Waals surface area contributed by atoms with Gasteiger partial charge in [0.05, 0.1) is 24.7 Å². The summed E-state index contributed by atoms with van der Waals surface area (Å²) in [4.78, 5) is 4.50. The first-order valence-electron chi connectivity index (χ1n) is 7.00. The van der Waals surface area contributed by atoms with Crippen LogP contribution >= 0.6 is 11.6 Å². The summed E-state index contributed by atoms with van der Waals surface area (Å²) in [5.74, 6) is 0.904. The number of hydrogen-bond acceptors (Lipinski definition) is 3. The van der Waals surface area contributed by atoms with Crippen molar-refractivity contribution in [2.75, 3.05) is 12.4 Å². The van der Waals surface area contributed by atoms with Gasteiger partial charge >= 0.3 is 0 Å². The Bertz CT molecular complexity index is 626. The summed E-state index contributed by atoms with van der Waals surface area (Å²) >= 11 is 6.21. The number of rotatable bonds is 5. The van der Waals surface area contributed by atoms with Gasteiger partial charge in [0, 0.05) is 23.0 Å². The molecule has 2 aromatic rings. The molecule has 0 aliphatic heterocycles. The highest BCUT2D eigenvalue weighted by atomic mass is 35.5. The van der Waals surface area contributed by atoms with Gasteiger partial charge in [0.25, 0.3) is 0 Å². The fraction of sp³-hybridized carbons (Fsp3) is 0.353. The zero-order valence-corrected chi connectivity index (χ0v) is 13.7. The Morgan fingerprint density at radius 1 is 1.29 bits per heavy atom. The van der Waals surface area contributed by atoms with E-state index in [0.29, 0.717) is 6.54 Å². The van der Waals surface area contributed by atoms with E-state index >= 15 is 0 Å². The normalized spacial score (nSPS) is 12.0. The lowest BCUT2D eigenvalue weighted by Gasteiger charge is -2.16. The predicted octanol–water partition coefficient (Wildman–Crippen LogP) is 4.62. The molecule has 0 saturated heterocycles. The third-order valence-corrected chi connectivity index (χ3v) is 3.82. The smallest absolute Gasteiger partial charge is 0.128 e. The van der Waals surface area contributed by atoms with Gasteiger partial charge in [-0.3, -0.25) is 4.98 Å². The number of methoxy groups -OCH3 is 1. The Kier molecular flexibility index (Phi) is 5.07. The van der Waals surface area contributed by atoms with E-state index in [9.17, 15) is 0 Å². The number of aromatic nitrogens is 1. The highest BCUT2D eigenvalue weighted by Gasteiger charge is 2.11. The van der Waals surface area contributed by atoms with E-state index in [0.717, 1.165) is 33.8 Å². The van der Waals surface area contributed by atoms with E-state index < -0.39 is 0 Å². The van der Waals surface area contributed by atoms with Crippen LogP contribution in [0, 0.1) is 13.8 Å². The third-order valence-electron chi connectivity index (χ3n) is 3.59. The average Bonchev–Trinajstić information content (AvgIpc) is 2.47. The topological polar surface area (TPSA) is 34.1 Å². The summed E-state index contributed by atoms with van der Waals surface area (Å²) in [6, 6.07) is 8.07. The number of benzene rings is 1. The number of nitrogens with one attached hydrogen (secondary N) is 1. The summed E-state index contributed by atoms with van der Waals surface area (Å²) in [5.41, 5.74) is 5.24. The number of anilines is 1. The van der Waals surface area contributed by atoms with Crippen molar-refractivity contribution in [2.24, 2.45) is 0 Å². The van der Waals surface area contributed by atoms with Crippen molar-refractivity contribution in [1.29, 1.82) is 0 Å². The molecule has 1 heterocycles. The molecular weight excluding hydrogens is 284 g/mol. The Morgan fingerprint density at radius 3 is 2.67 bits per heavy atom. The van der Waals surface area contributed by atoms with E-state index in [-0.39, 0.29) is 5.38 Å². The van der Waals surface area contributed by atoms with Gasteiger partial charge in [0.15, 0.2) is 0 Å². The molecule has 0 radical (unpaired) electrons. The molecule has 3 nitrogen and oxygen atoms in total. The summed E-state index contributed by atoms with van der Waals surface area (Å²) in [6.07, 6.45) is 1.85. The molecule has 4 heteroatoms. The monoisotopic (exact) mass is 304 g/mol. The van der Waals surface area contributed by atoms with E-state index in [1.165, 1.54) is 0 Å². The lowest BCUT2D eigenvalue weighted by Crippen LogP contribution is -2.07. The maximum atomic E-state index is 6.21. The fourth-order valence-corrected chi connectivity index (χ4v) is 2.62. The van der Waals surface area contributed by atoms with Crippen molar-refractivity contribution in [3.63, 3.8) is 0 Å². The first-order valence-corrected chi connectivity index (χ1v) is 7.44. The number of hydrogen-bond donors (Lipinski definition) is 1. The van der Waals surface area contributed by atoms with Gasteiger partial charge in [-0.1, -0.05) is 18.2 Å². The molecule has 0 aliphatic rings. The molecule has 1 N–H and O–H groups in total. The Morgan fingerprint density at radius 2 is 2.00 bits per heavy atom. The molecule has 1 aromatic carbocycles. The summed E-state index contributed by atoms with van der Waals surface area (Å²) < 4.78 is 5.44. The molecular formula is C17H21ClN2O. The van der Waals surface area contributed by atoms with Crippen molar-refractivity contribution in [3.05, 3.63) is 52.8 Å². The Labute approximate surface area is 131 Å². The van der Waals surface area contributed by atoms with Crippen LogP contribution in [0.15, 0.2) is 30.5 Å².